The van der Waals surface area contributed by atoms with Gasteiger partial charge in [0, 0.05) is 12.3 Å². The Hall–Kier alpha value is -3.16. The number of rotatable bonds is 3. The molecule has 5 nitrogen and oxygen atoms in total. The molecule has 1 aromatic carbocycles. The summed E-state index contributed by atoms with van der Waals surface area (Å²) >= 11 is 0. The number of amides is 2. The third-order valence-electron chi connectivity index (χ3n) is 2.86. The van der Waals surface area contributed by atoms with Crippen molar-refractivity contribution in [2.45, 2.75) is 6.18 Å². The predicted molar refractivity (Wildman–Crippen MR) is 80.3 cm³/mol. The standard InChI is InChI=1S/C16H12F3N3O2/c17-16(18,19)12-7-4-11(5-8-12)6-9-14(23)21-22-15(24)13-3-1-2-10-20-13/h1-10H,(H,21,23)(H,22,24)/b9-6+. The molecule has 24 heavy (non-hydrogen) atoms. The molecule has 0 unspecified atom stereocenters. The van der Waals surface area contributed by atoms with E-state index in [4.69, 9.17) is 0 Å². The van der Waals surface area contributed by atoms with Gasteiger partial charge in [0.05, 0.1) is 5.56 Å². The van der Waals surface area contributed by atoms with Crippen LogP contribution in [0, 0.1) is 0 Å². The molecule has 0 aliphatic carbocycles. The second kappa shape index (κ2) is 7.40. The smallest absolute Gasteiger partial charge is 0.268 e. The van der Waals surface area contributed by atoms with Crippen LogP contribution in [0.4, 0.5) is 13.2 Å². The number of hydrogen-bond acceptors (Lipinski definition) is 3. The molecule has 0 saturated heterocycles. The van der Waals surface area contributed by atoms with Crippen LogP contribution in [-0.2, 0) is 11.0 Å². The summed E-state index contributed by atoms with van der Waals surface area (Å²) in [5.74, 6) is -1.23. The second-order valence-electron chi connectivity index (χ2n) is 4.61. The van der Waals surface area contributed by atoms with Crippen LogP contribution in [0.15, 0.2) is 54.7 Å². The van der Waals surface area contributed by atoms with E-state index in [0.717, 1.165) is 18.2 Å². The molecule has 0 aliphatic heterocycles. The van der Waals surface area contributed by atoms with Gasteiger partial charge in [-0.25, -0.2) is 0 Å². The molecular formula is C16H12F3N3O2. The molecule has 2 aromatic rings. The Morgan fingerprint density at radius 2 is 1.71 bits per heavy atom. The summed E-state index contributed by atoms with van der Waals surface area (Å²) in [5, 5.41) is 0. The minimum atomic E-state index is -4.41. The molecule has 0 fully saturated rings. The summed E-state index contributed by atoms with van der Waals surface area (Å²) in [4.78, 5) is 27.0. The molecule has 0 aliphatic rings. The van der Waals surface area contributed by atoms with Crippen LogP contribution < -0.4 is 10.9 Å². The van der Waals surface area contributed by atoms with Crippen LogP contribution in [0.25, 0.3) is 6.08 Å². The highest BCUT2D eigenvalue weighted by Gasteiger charge is 2.29. The molecular weight excluding hydrogens is 323 g/mol. The molecule has 2 rings (SSSR count). The van der Waals surface area contributed by atoms with E-state index in [-0.39, 0.29) is 5.69 Å². The third-order valence-corrected chi connectivity index (χ3v) is 2.86. The zero-order valence-electron chi connectivity index (χ0n) is 12.2. The first-order chi connectivity index (χ1) is 11.4. The van der Waals surface area contributed by atoms with Gasteiger partial charge in [0.2, 0.25) is 0 Å². The van der Waals surface area contributed by atoms with Crippen molar-refractivity contribution in [1.29, 1.82) is 0 Å². The Bertz CT molecular complexity index is 741. The third kappa shape index (κ3) is 4.94. The van der Waals surface area contributed by atoms with Gasteiger partial charge >= 0.3 is 6.18 Å². The molecule has 1 aromatic heterocycles. The predicted octanol–water partition coefficient (Wildman–Crippen LogP) is 2.57. The monoisotopic (exact) mass is 335 g/mol. The number of carbonyl (C=O) groups is 2. The average Bonchev–Trinajstić information content (AvgIpc) is 2.58. The minimum absolute atomic E-state index is 0.129. The molecule has 2 amide bonds. The lowest BCUT2D eigenvalue weighted by Crippen LogP contribution is -2.41. The Balaban J connectivity index is 1.88. The second-order valence-corrected chi connectivity index (χ2v) is 4.61. The number of nitrogens with one attached hydrogen (secondary N) is 2. The van der Waals surface area contributed by atoms with Crippen molar-refractivity contribution in [3.8, 4) is 0 Å². The maximum Gasteiger partial charge on any atom is 0.416 e. The highest BCUT2D eigenvalue weighted by atomic mass is 19.4. The summed E-state index contributed by atoms with van der Waals surface area (Å²) < 4.78 is 37.3. The lowest BCUT2D eigenvalue weighted by Gasteiger charge is -2.06. The van der Waals surface area contributed by atoms with Crippen molar-refractivity contribution in [3.05, 3.63) is 71.6 Å². The lowest BCUT2D eigenvalue weighted by atomic mass is 10.1. The highest BCUT2D eigenvalue weighted by Crippen LogP contribution is 2.29. The van der Waals surface area contributed by atoms with Gasteiger partial charge in [0.1, 0.15) is 5.69 Å². The molecule has 8 heteroatoms. The highest BCUT2D eigenvalue weighted by molar-refractivity contribution is 5.96. The average molecular weight is 335 g/mol. The first-order valence-corrected chi connectivity index (χ1v) is 6.73. The summed E-state index contributed by atoms with van der Waals surface area (Å²) in [6.07, 6.45) is -0.569. The first kappa shape index (κ1) is 17.2. The van der Waals surface area contributed by atoms with E-state index in [0.29, 0.717) is 5.56 Å². The number of aromatic nitrogens is 1. The van der Waals surface area contributed by atoms with Crippen molar-refractivity contribution in [2.75, 3.05) is 0 Å². The topological polar surface area (TPSA) is 71.1 Å². The van der Waals surface area contributed by atoms with Gasteiger partial charge in [-0.05, 0) is 35.9 Å². The van der Waals surface area contributed by atoms with Gasteiger partial charge in [-0.1, -0.05) is 18.2 Å². The van der Waals surface area contributed by atoms with Gasteiger partial charge in [-0.15, -0.1) is 0 Å². The van der Waals surface area contributed by atoms with Crippen LogP contribution in [0.1, 0.15) is 21.6 Å². The lowest BCUT2D eigenvalue weighted by molar-refractivity contribution is -0.137. The minimum Gasteiger partial charge on any atom is -0.268 e. The molecule has 0 spiro atoms. The number of alkyl halides is 3. The van der Waals surface area contributed by atoms with E-state index in [9.17, 15) is 22.8 Å². The summed E-state index contributed by atoms with van der Waals surface area (Å²) in [6.45, 7) is 0. The van der Waals surface area contributed by atoms with Crippen molar-refractivity contribution in [3.63, 3.8) is 0 Å². The van der Waals surface area contributed by atoms with Crippen molar-refractivity contribution in [2.24, 2.45) is 0 Å². The zero-order chi connectivity index (χ0) is 17.6. The van der Waals surface area contributed by atoms with Crippen molar-refractivity contribution in [1.82, 2.24) is 15.8 Å². The summed E-state index contributed by atoms with van der Waals surface area (Å²) in [7, 11) is 0. The fourth-order valence-electron chi connectivity index (χ4n) is 1.68. The zero-order valence-corrected chi connectivity index (χ0v) is 12.2. The van der Waals surface area contributed by atoms with Gasteiger partial charge < -0.3 is 0 Å². The fourth-order valence-corrected chi connectivity index (χ4v) is 1.68. The summed E-state index contributed by atoms with van der Waals surface area (Å²) in [5.41, 5.74) is 4.07. The number of nitrogens with zero attached hydrogens (tertiary/aromatic N) is 1. The van der Waals surface area contributed by atoms with Crippen LogP contribution >= 0.6 is 0 Å². The van der Waals surface area contributed by atoms with E-state index in [2.05, 4.69) is 15.8 Å². The fraction of sp³-hybridized carbons (Fsp3) is 0.0625. The van der Waals surface area contributed by atoms with Gasteiger partial charge in [-0.3, -0.25) is 25.4 Å². The molecule has 0 saturated carbocycles. The van der Waals surface area contributed by atoms with Gasteiger partial charge in [0.25, 0.3) is 11.8 Å². The number of carbonyl (C=O) groups excluding carboxylic acids is 2. The van der Waals surface area contributed by atoms with Gasteiger partial charge in [-0.2, -0.15) is 13.2 Å². The van der Waals surface area contributed by atoms with Crippen LogP contribution in [0.5, 0.6) is 0 Å². The number of benzene rings is 1. The van der Waals surface area contributed by atoms with Gasteiger partial charge in [0.15, 0.2) is 0 Å². The number of halogens is 3. The maximum atomic E-state index is 12.4. The molecule has 0 bridgehead atoms. The normalized spacial score (nSPS) is 11.3. The largest absolute Gasteiger partial charge is 0.416 e. The van der Waals surface area contributed by atoms with E-state index in [1.54, 1.807) is 12.1 Å². The van der Waals surface area contributed by atoms with Crippen molar-refractivity contribution < 1.29 is 22.8 Å². The Morgan fingerprint density at radius 3 is 2.29 bits per heavy atom. The SMILES string of the molecule is O=C(/C=C/c1ccc(C(F)(F)F)cc1)NNC(=O)c1ccccn1. The van der Waals surface area contributed by atoms with E-state index < -0.39 is 23.6 Å². The summed E-state index contributed by atoms with van der Waals surface area (Å²) in [6, 6.07) is 9.04. The van der Waals surface area contributed by atoms with Crippen molar-refractivity contribution >= 4 is 17.9 Å². The molecule has 1 heterocycles. The Morgan fingerprint density at radius 1 is 1.00 bits per heavy atom. The Kier molecular flexibility index (Phi) is 5.31. The molecule has 124 valence electrons. The van der Waals surface area contributed by atoms with E-state index in [1.165, 1.54) is 30.5 Å². The quantitative estimate of drug-likeness (QED) is 0.669. The molecule has 0 radical (unpaired) electrons. The number of hydrazine groups is 1. The first-order valence-electron chi connectivity index (χ1n) is 6.73. The van der Waals surface area contributed by atoms with Crippen LogP contribution in [0.3, 0.4) is 0 Å². The maximum absolute atomic E-state index is 12.4. The molecule has 0 atom stereocenters. The van der Waals surface area contributed by atoms with E-state index in [1.807, 2.05) is 0 Å². The Labute approximate surface area is 135 Å². The van der Waals surface area contributed by atoms with Crippen LogP contribution in [0.2, 0.25) is 0 Å². The van der Waals surface area contributed by atoms with Crippen LogP contribution in [-0.4, -0.2) is 16.8 Å². The number of pyridine rings is 1. The number of hydrogen-bond donors (Lipinski definition) is 2. The molecule has 2 N–H and O–H groups in total. The van der Waals surface area contributed by atoms with E-state index >= 15 is 0 Å².